The molecule has 0 aromatic carbocycles. The summed E-state index contributed by atoms with van der Waals surface area (Å²) in [4.78, 5) is 15.6. The van der Waals surface area contributed by atoms with E-state index < -0.39 is 8.07 Å². The molecular weight excluding hydrogens is 513 g/mol. The van der Waals surface area contributed by atoms with Gasteiger partial charge in [-0.05, 0) is 30.5 Å². The molecule has 1 fully saturated rings. The van der Waals surface area contributed by atoms with E-state index in [0.29, 0.717) is 24.8 Å². The standard InChI is InChI=1S/C27H32N8OSSi/c1-38(2,3)13-12-36-19-35-11-7-22-25(30-17-31-26(22)35)21-6-9-33(16-21)24(4-8-28)20-5-10-34(15-20)27-23(14-29)32-18-37-27/h6-7,9,11,16-18,20,24H,4-5,10,12-13,15,19H2,1-3H3. The summed E-state index contributed by atoms with van der Waals surface area (Å²) >= 11 is 1.50. The summed E-state index contributed by atoms with van der Waals surface area (Å²) in [6.45, 7) is 9.94. The third kappa shape index (κ3) is 5.51. The van der Waals surface area contributed by atoms with Gasteiger partial charge >= 0.3 is 0 Å². The van der Waals surface area contributed by atoms with Gasteiger partial charge < -0.3 is 18.8 Å². The van der Waals surface area contributed by atoms with Crippen molar-refractivity contribution in [3.05, 3.63) is 48.3 Å². The third-order valence-corrected chi connectivity index (χ3v) is 9.75. The summed E-state index contributed by atoms with van der Waals surface area (Å²) in [5.74, 6) is 0.295. The van der Waals surface area contributed by atoms with Crippen LogP contribution in [0.25, 0.3) is 22.3 Å². The second-order valence-electron chi connectivity index (χ2n) is 11.0. The predicted molar refractivity (Wildman–Crippen MR) is 151 cm³/mol. The van der Waals surface area contributed by atoms with E-state index in [0.717, 1.165) is 59.5 Å². The van der Waals surface area contributed by atoms with Crippen molar-refractivity contribution in [3.8, 4) is 23.4 Å². The fraction of sp³-hybridized carbons (Fsp3) is 0.444. The van der Waals surface area contributed by atoms with Crippen LogP contribution < -0.4 is 4.90 Å². The van der Waals surface area contributed by atoms with Crippen LogP contribution in [-0.4, -0.2) is 51.9 Å². The van der Waals surface area contributed by atoms with Crippen LogP contribution in [-0.2, 0) is 11.5 Å². The van der Waals surface area contributed by atoms with Crippen LogP contribution in [0.15, 0.2) is 42.6 Å². The molecular formula is C27H32N8OSSi. The zero-order chi connectivity index (χ0) is 26.7. The Bertz CT molecular complexity index is 1490. The van der Waals surface area contributed by atoms with Crippen molar-refractivity contribution in [2.75, 3.05) is 24.6 Å². The van der Waals surface area contributed by atoms with Crippen LogP contribution in [0.4, 0.5) is 5.00 Å². The first-order chi connectivity index (χ1) is 18.4. The Morgan fingerprint density at radius 2 is 2.05 bits per heavy atom. The lowest BCUT2D eigenvalue weighted by Crippen LogP contribution is -2.24. The summed E-state index contributed by atoms with van der Waals surface area (Å²) < 4.78 is 10.1. The van der Waals surface area contributed by atoms with Crippen LogP contribution in [0.3, 0.4) is 0 Å². The van der Waals surface area contributed by atoms with E-state index >= 15 is 0 Å². The van der Waals surface area contributed by atoms with Gasteiger partial charge in [0.15, 0.2) is 5.69 Å². The monoisotopic (exact) mass is 544 g/mol. The molecule has 0 N–H and O–H groups in total. The summed E-state index contributed by atoms with van der Waals surface area (Å²) in [6.07, 6.45) is 9.15. The minimum atomic E-state index is -1.13. The molecule has 0 aliphatic carbocycles. The maximum Gasteiger partial charge on any atom is 0.175 e. The largest absolute Gasteiger partial charge is 0.361 e. The second-order valence-corrected chi connectivity index (χ2v) is 17.4. The van der Waals surface area contributed by atoms with Crippen LogP contribution in [0.1, 0.15) is 24.6 Å². The minimum absolute atomic E-state index is 0.0406. The normalized spacial score (nSPS) is 16.6. The zero-order valence-electron chi connectivity index (χ0n) is 22.0. The Balaban J connectivity index is 1.33. The van der Waals surface area contributed by atoms with Gasteiger partial charge in [-0.15, -0.1) is 11.3 Å². The van der Waals surface area contributed by atoms with E-state index in [1.54, 1.807) is 11.8 Å². The SMILES string of the molecule is C[Si](C)(C)CCOCn1ccc2c(-c3ccn(C(CC#N)C4CCN(c5scnc5C#N)C4)c3)ncnc21. The summed E-state index contributed by atoms with van der Waals surface area (Å²) in [5.41, 5.74) is 4.94. The fourth-order valence-corrected chi connectivity index (χ4v) is 6.61. The Morgan fingerprint density at radius 1 is 1.18 bits per heavy atom. The first kappa shape index (κ1) is 26.1. The lowest BCUT2D eigenvalue weighted by Gasteiger charge is -2.24. The highest BCUT2D eigenvalue weighted by Crippen LogP contribution is 2.37. The van der Waals surface area contributed by atoms with Crippen molar-refractivity contribution in [1.29, 1.82) is 10.5 Å². The lowest BCUT2D eigenvalue weighted by atomic mass is 9.96. The number of rotatable bonds is 10. The maximum absolute atomic E-state index is 9.63. The van der Waals surface area contributed by atoms with Crippen molar-refractivity contribution >= 4 is 35.4 Å². The van der Waals surface area contributed by atoms with Gasteiger partial charge in [-0.2, -0.15) is 10.5 Å². The molecule has 5 heterocycles. The van der Waals surface area contributed by atoms with E-state index in [4.69, 9.17) is 4.74 Å². The van der Waals surface area contributed by atoms with Gasteiger partial charge in [-0.1, -0.05) is 19.6 Å². The summed E-state index contributed by atoms with van der Waals surface area (Å²) in [6, 6.07) is 9.87. The Labute approximate surface area is 228 Å². The summed E-state index contributed by atoms with van der Waals surface area (Å²) in [5, 5.41) is 20.9. The van der Waals surface area contributed by atoms with Gasteiger partial charge in [0.25, 0.3) is 0 Å². The molecule has 1 saturated heterocycles. The third-order valence-electron chi connectivity index (χ3n) is 7.16. The molecule has 38 heavy (non-hydrogen) atoms. The number of nitrogens with zero attached hydrogens (tertiary/aromatic N) is 8. The summed E-state index contributed by atoms with van der Waals surface area (Å²) in [7, 11) is -1.13. The van der Waals surface area contributed by atoms with Crippen LogP contribution in [0.5, 0.6) is 0 Å². The molecule has 1 aliphatic heterocycles. The molecule has 0 saturated carbocycles. The maximum atomic E-state index is 9.63. The Hall–Kier alpha value is -3.51. The minimum Gasteiger partial charge on any atom is -0.361 e. The molecule has 5 rings (SSSR count). The van der Waals surface area contributed by atoms with Crippen molar-refractivity contribution in [3.63, 3.8) is 0 Å². The quantitative estimate of drug-likeness (QED) is 0.191. The van der Waals surface area contributed by atoms with Crippen LogP contribution in [0, 0.1) is 28.6 Å². The molecule has 9 nitrogen and oxygen atoms in total. The van der Waals surface area contributed by atoms with Crippen molar-refractivity contribution in [2.24, 2.45) is 5.92 Å². The van der Waals surface area contributed by atoms with Crippen LogP contribution >= 0.6 is 11.3 Å². The number of anilines is 1. The first-order valence-electron chi connectivity index (χ1n) is 12.9. The number of thiazole rings is 1. The number of fused-ring (bicyclic) bond motifs is 1. The van der Waals surface area contributed by atoms with Gasteiger partial charge in [0.05, 0.1) is 29.7 Å². The molecule has 4 aromatic heterocycles. The topological polar surface area (TPSA) is 109 Å². The molecule has 0 radical (unpaired) electrons. The average molecular weight is 545 g/mol. The van der Waals surface area contributed by atoms with Crippen molar-refractivity contribution in [1.82, 2.24) is 24.1 Å². The van der Waals surface area contributed by atoms with Gasteiger partial charge in [-0.25, -0.2) is 15.0 Å². The molecule has 2 unspecified atom stereocenters. The molecule has 196 valence electrons. The van der Waals surface area contributed by atoms with Gasteiger partial charge in [0.1, 0.15) is 29.8 Å². The van der Waals surface area contributed by atoms with Gasteiger partial charge in [-0.3, -0.25) is 0 Å². The number of aromatic nitrogens is 5. The van der Waals surface area contributed by atoms with E-state index in [9.17, 15) is 10.5 Å². The van der Waals surface area contributed by atoms with E-state index in [2.05, 4.69) is 74.7 Å². The Kier molecular flexibility index (Phi) is 7.61. The fourth-order valence-electron chi connectivity index (χ4n) is 5.07. The van der Waals surface area contributed by atoms with Crippen molar-refractivity contribution < 1.29 is 4.74 Å². The molecule has 11 heteroatoms. The highest BCUT2D eigenvalue weighted by molar-refractivity contribution is 7.14. The second kappa shape index (κ2) is 11.1. The van der Waals surface area contributed by atoms with Crippen molar-refractivity contribution in [2.45, 2.75) is 51.3 Å². The average Bonchev–Trinajstić information content (AvgIpc) is 3.70. The smallest absolute Gasteiger partial charge is 0.175 e. The van der Waals surface area contributed by atoms with E-state index in [-0.39, 0.29) is 6.04 Å². The number of ether oxygens (including phenoxy) is 1. The molecule has 0 amide bonds. The lowest BCUT2D eigenvalue weighted by molar-refractivity contribution is 0.0899. The Morgan fingerprint density at radius 3 is 2.84 bits per heavy atom. The molecule has 2 atom stereocenters. The molecule has 0 bridgehead atoms. The van der Waals surface area contributed by atoms with Crippen LogP contribution in [0.2, 0.25) is 25.7 Å². The molecule has 1 aliphatic rings. The molecule has 0 spiro atoms. The highest BCUT2D eigenvalue weighted by atomic mass is 32.1. The van der Waals surface area contributed by atoms with Gasteiger partial charge in [0, 0.05) is 57.3 Å². The number of nitriles is 2. The number of hydrogen-bond donors (Lipinski definition) is 0. The van der Waals surface area contributed by atoms with E-state index in [1.807, 2.05) is 16.8 Å². The van der Waals surface area contributed by atoms with E-state index in [1.165, 1.54) is 11.3 Å². The van der Waals surface area contributed by atoms with Gasteiger partial charge in [0.2, 0.25) is 0 Å². The zero-order valence-corrected chi connectivity index (χ0v) is 23.9. The highest BCUT2D eigenvalue weighted by Gasteiger charge is 2.32. The first-order valence-corrected chi connectivity index (χ1v) is 17.5. The predicted octanol–water partition coefficient (Wildman–Crippen LogP) is 5.52. The molecule has 4 aromatic rings. The number of hydrogen-bond acceptors (Lipinski definition) is 8.